The zero-order valence-corrected chi connectivity index (χ0v) is 10.6. The quantitative estimate of drug-likeness (QED) is 0.404. The Morgan fingerprint density at radius 2 is 1.78 bits per heavy atom. The van der Waals surface area contributed by atoms with Gasteiger partial charge in [-0.15, -0.1) is 0 Å². The molecule has 18 heavy (non-hydrogen) atoms. The van der Waals surface area contributed by atoms with Gasteiger partial charge >= 0.3 is 0 Å². The number of nitrogens with zero attached hydrogens (tertiary/aromatic N) is 1. The van der Waals surface area contributed by atoms with Gasteiger partial charge in [-0.3, -0.25) is 14.5 Å². The smallest absolute Gasteiger partial charge is 0.245 e. The zero-order valence-electron chi connectivity index (χ0n) is 10.6. The third-order valence-corrected chi connectivity index (χ3v) is 5.53. The maximum Gasteiger partial charge on any atom is 0.245 e. The van der Waals surface area contributed by atoms with Crippen molar-refractivity contribution in [2.24, 2.45) is 17.3 Å². The highest BCUT2D eigenvalue weighted by Gasteiger charge is 2.69. The van der Waals surface area contributed by atoms with Gasteiger partial charge < -0.3 is 0 Å². The Bertz CT molecular complexity index is 431. The van der Waals surface area contributed by atoms with E-state index in [9.17, 15) is 9.59 Å². The molecular weight excluding hydrogens is 226 g/mol. The van der Waals surface area contributed by atoms with Gasteiger partial charge in [-0.25, -0.2) is 0 Å². The second-order valence-corrected chi connectivity index (χ2v) is 6.43. The zero-order chi connectivity index (χ0) is 12.3. The van der Waals surface area contributed by atoms with E-state index in [4.69, 9.17) is 0 Å². The number of likely N-dealkylation sites (tertiary alicyclic amines) is 1. The molecule has 96 valence electrons. The van der Waals surface area contributed by atoms with Gasteiger partial charge in [-0.1, -0.05) is 31.4 Å². The van der Waals surface area contributed by atoms with Gasteiger partial charge in [0.1, 0.15) is 5.41 Å². The molecule has 2 bridgehead atoms. The van der Waals surface area contributed by atoms with E-state index in [0.717, 1.165) is 25.7 Å². The van der Waals surface area contributed by atoms with E-state index < -0.39 is 5.41 Å². The molecule has 2 unspecified atom stereocenters. The van der Waals surface area contributed by atoms with Crippen molar-refractivity contribution >= 4 is 11.8 Å². The van der Waals surface area contributed by atoms with Gasteiger partial charge in [0, 0.05) is 12.0 Å². The molecule has 3 heteroatoms. The Kier molecular flexibility index (Phi) is 2.07. The predicted molar refractivity (Wildman–Crippen MR) is 66.5 cm³/mol. The predicted octanol–water partition coefficient (Wildman–Crippen LogP) is 2.27. The van der Waals surface area contributed by atoms with Gasteiger partial charge in [-0.05, 0) is 31.6 Å². The number of rotatable bonds is 1. The van der Waals surface area contributed by atoms with E-state index in [1.54, 1.807) is 4.90 Å². The van der Waals surface area contributed by atoms with E-state index in [2.05, 4.69) is 12.2 Å². The lowest BCUT2D eigenvalue weighted by molar-refractivity contribution is -0.183. The van der Waals surface area contributed by atoms with Crippen LogP contribution in [0.1, 0.15) is 44.9 Å². The lowest BCUT2D eigenvalue weighted by atomic mass is 9.66. The van der Waals surface area contributed by atoms with E-state index in [1.807, 2.05) is 0 Å². The third kappa shape index (κ3) is 1.11. The van der Waals surface area contributed by atoms with Crippen molar-refractivity contribution in [1.82, 2.24) is 4.90 Å². The second kappa shape index (κ2) is 3.46. The molecule has 1 spiro atoms. The van der Waals surface area contributed by atoms with Crippen LogP contribution in [-0.2, 0) is 9.59 Å². The number of hydrogen-bond acceptors (Lipinski definition) is 2. The van der Waals surface area contributed by atoms with Crippen molar-refractivity contribution < 1.29 is 9.59 Å². The van der Waals surface area contributed by atoms with E-state index in [-0.39, 0.29) is 23.8 Å². The standard InChI is InChI=1S/C15H19NO2/c17-13-15(9-10-6-7-11(15)8-10)14(18)16(13)12-4-2-1-3-5-12/h6-7,10-12H,1-5,8-9H2. The Hall–Kier alpha value is -1.12. The van der Waals surface area contributed by atoms with Crippen LogP contribution in [0.3, 0.4) is 0 Å². The summed E-state index contributed by atoms with van der Waals surface area (Å²) >= 11 is 0. The Labute approximate surface area is 107 Å². The van der Waals surface area contributed by atoms with Crippen LogP contribution in [0.25, 0.3) is 0 Å². The van der Waals surface area contributed by atoms with Crippen LogP contribution in [0.2, 0.25) is 0 Å². The third-order valence-electron chi connectivity index (χ3n) is 5.53. The Morgan fingerprint density at radius 1 is 1.06 bits per heavy atom. The van der Waals surface area contributed by atoms with Crippen molar-refractivity contribution in [1.29, 1.82) is 0 Å². The van der Waals surface area contributed by atoms with Gasteiger partial charge in [-0.2, -0.15) is 0 Å². The molecule has 1 aliphatic heterocycles. The van der Waals surface area contributed by atoms with Gasteiger partial charge in [0.25, 0.3) is 0 Å². The molecule has 3 fully saturated rings. The highest BCUT2D eigenvalue weighted by Crippen LogP contribution is 2.58. The van der Waals surface area contributed by atoms with Crippen molar-refractivity contribution in [2.45, 2.75) is 51.0 Å². The molecule has 0 N–H and O–H groups in total. The molecule has 2 saturated carbocycles. The number of β-lactam (4-membered cyclic amide) rings is 2. The molecule has 2 atom stereocenters. The first-order valence-corrected chi connectivity index (χ1v) is 7.30. The lowest BCUT2D eigenvalue weighted by Crippen LogP contribution is -2.70. The van der Waals surface area contributed by atoms with E-state index in [0.29, 0.717) is 5.92 Å². The molecule has 4 aliphatic rings. The number of carbonyl (C=O) groups excluding carboxylic acids is 2. The first-order valence-electron chi connectivity index (χ1n) is 7.30. The number of amides is 2. The van der Waals surface area contributed by atoms with Crippen LogP contribution in [0.4, 0.5) is 0 Å². The summed E-state index contributed by atoms with van der Waals surface area (Å²) in [5.74, 6) is 0.992. The molecule has 3 aliphatic carbocycles. The van der Waals surface area contributed by atoms with Crippen molar-refractivity contribution in [2.75, 3.05) is 0 Å². The molecule has 0 aromatic rings. The molecular formula is C15H19NO2. The molecule has 0 aromatic heterocycles. The minimum atomic E-state index is -0.614. The summed E-state index contributed by atoms with van der Waals surface area (Å²) in [6.45, 7) is 0. The first-order chi connectivity index (χ1) is 8.73. The fourth-order valence-corrected chi connectivity index (χ4v) is 4.58. The average Bonchev–Trinajstić information content (AvgIpc) is 3.02. The van der Waals surface area contributed by atoms with Crippen LogP contribution in [0.15, 0.2) is 12.2 Å². The van der Waals surface area contributed by atoms with E-state index in [1.165, 1.54) is 19.3 Å². The summed E-state index contributed by atoms with van der Waals surface area (Å²) < 4.78 is 0. The fourth-order valence-electron chi connectivity index (χ4n) is 4.58. The van der Waals surface area contributed by atoms with E-state index >= 15 is 0 Å². The largest absolute Gasteiger partial charge is 0.278 e. The summed E-state index contributed by atoms with van der Waals surface area (Å²) in [5.41, 5.74) is -0.614. The number of imide groups is 1. The average molecular weight is 245 g/mol. The van der Waals surface area contributed by atoms with Crippen LogP contribution in [0.5, 0.6) is 0 Å². The normalized spacial score (nSPS) is 37.7. The fraction of sp³-hybridized carbons (Fsp3) is 0.733. The summed E-state index contributed by atoms with van der Waals surface area (Å²) in [5, 5.41) is 0. The molecule has 1 heterocycles. The molecule has 3 nitrogen and oxygen atoms in total. The first kappa shape index (κ1) is 10.8. The number of fused-ring (bicyclic) bond motifs is 3. The van der Waals surface area contributed by atoms with Crippen LogP contribution in [0, 0.1) is 17.3 Å². The van der Waals surface area contributed by atoms with Gasteiger partial charge in [0.2, 0.25) is 11.8 Å². The van der Waals surface area contributed by atoms with Crippen LogP contribution in [-0.4, -0.2) is 22.8 Å². The SMILES string of the molecule is O=C1N(C2CCCCC2)C(=O)C12CC1C=CC2C1. The summed E-state index contributed by atoms with van der Waals surface area (Å²) in [7, 11) is 0. The summed E-state index contributed by atoms with van der Waals surface area (Å²) in [4.78, 5) is 26.7. The minimum absolute atomic E-state index is 0.149. The Morgan fingerprint density at radius 3 is 2.33 bits per heavy atom. The maximum atomic E-state index is 12.6. The van der Waals surface area contributed by atoms with Crippen LogP contribution >= 0.6 is 0 Å². The summed E-state index contributed by atoms with van der Waals surface area (Å²) in [6, 6.07) is 0.215. The van der Waals surface area contributed by atoms with Gasteiger partial charge in [0.05, 0.1) is 0 Å². The molecule has 0 radical (unpaired) electrons. The molecule has 0 aromatic carbocycles. The maximum absolute atomic E-state index is 12.6. The van der Waals surface area contributed by atoms with Crippen LogP contribution < -0.4 is 0 Å². The highest BCUT2D eigenvalue weighted by molar-refractivity contribution is 6.22. The lowest BCUT2D eigenvalue weighted by Gasteiger charge is -2.51. The number of allylic oxidation sites excluding steroid dienone is 2. The topological polar surface area (TPSA) is 37.4 Å². The highest BCUT2D eigenvalue weighted by atomic mass is 16.2. The second-order valence-electron chi connectivity index (χ2n) is 6.43. The number of carbonyl (C=O) groups is 2. The Balaban J connectivity index is 1.59. The summed E-state index contributed by atoms with van der Waals surface area (Å²) in [6.07, 6.45) is 11.8. The molecule has 4 rings (SSSR count). The number of hydrogen-bond donors (Lipinski definition) is 0. The van der Waals surface area contributed by atoms with Crippen molar-refractivity contribution in [3.63, 3.8) is 0 Å². The van der Waals surface area contributed by atoms with Crippen molar-refractivity contribution in [3.8, 4) is 0 Å². The molecule has 2 amide bonds. The van der Waals surface area contributed by atoms with Gasteiger partial charge in [0.15, 0.2) is 0 Å². The monoisotopic (exact) mass is 245 g/mol. The minimum Gasteiger partial charge on any atom is -0.278 e. The molecule has 1 saturated heterocycles. The van der Waals surface area contributed by atoms with Crippen molar-refractivity contribution in [3.05, 3.63) is 12.2 Å².